The van der Waals surface area contributed by atoms with Gasteiger partial charge >= 0.3 is 12.0 Å². The number of hydrogen-bond donors (Lipinski definition) is 1. The molecule has 1 aliphatic rings. The zero-order chi connectivity index (χ0) is 92.9. The lowest BCUT2D eigenvalue weighted by Gasteiger charge is -2.29. The Labute approximate surface area is 770 Å². The number of carbonyl (C=O) groups is 2. The molecule has 0 aliphatic carbocycles. The highest BCUT2D eigenvalue weighted by atomic mass is 35.5. The van der Waals surface area contributed by atoms with Crippen LogP contribution < -0.4 is 10.1 Å². The minimum Gasteiger partial charge on any atom is -0.467 e. The zero-order valence-electron chi connectivity index (χ0n) is 71.0. The van der Waals surface area contributed by atoms with Gasteiger partial charge in [0.25, 0.3) is 5.91 Å². The van der Waals surface area contributed by atoms with Crippen molar-refractivity contribution in [2.45, 2.75) is 39.7 Å². The molecule has 1 amide bonds. The number of carbonyl (C=O) groups excluding carboxylic acids is 2. The summed E-state index contributed by atoms with van der Waals surface area (Å²) in [7, 11) is 3.61. The molecule has 5 aromatic carbocycles. The van der Waals surface area contributed by atoms with Crippen molar-refractivity contribution in [2.75, 3.05) is 33.9 Å². The van der Waals surface area contributed by atoms with Crippen molar-refractivity contribution in [3.05, 3.63) is 358 Å². The minimum atomic E-state index is -0.499. The van der Waals surface area contributed by atoms with Crippen LogP contribution in [0.4, 0.5) is 33.3 Å². The van der Waals surface area contributed by atoms with Gasteiger partial charge in [0.2, 0.25) is 11.4 Å². The van der Waals surface area contributed by atoms with Crippen molar-refractivity contribution >= 4 is 80.6 Å². The van der Waals surface area contributed by atoms with Gasteiger partial charge in [-0.1, -0.05) is 34.8 Å². The largest absolute Gasteiger partial charge is 0.467 e. The Morgan fingerprint density at radius 3 is 1.11 bits per heavy atom. The number of fused-ring (bicyclic) bond motifs is 4. The van der Waals surface area contributed by atoms with Gasteiger partial charge in [0, 0.05) is 124 Å². The van der Waals surface area contributed by atoms with Gasteiger partial charge in [0.15, 0.2) is 22.6 Å². The molecule has 14 aromatic heterocycles. The fourth-order valence-corrected chi connectivity index (χ4v) is 15.0. The summed E-state index contributed by atoms with van der Waals surface area (Å²) in [4.78, 5) is 83.2. The van der Waals surface area contributed by atoms with E-state index in [1.165, 1.54) is 72.7 Å². The van der Waals surface area contributed by atoms with E-state index in [4.69, 9.17) is 62.4 Å². The fourth-order valence-electron chi connectivity index (χ4n) is 14.5. The van der Waals surface area contributed by atoms with Crippen molar-refractivity contribution < 1.29 is 41.0 Å². The van der Waals surface area contributed by atoms with E-state index in [1.807, 2.05) is 54.6 Å². The van der Waals surface area contributed by atoms with Crippen LogP contribution in [0.15, 0.2) is 269 Å². The number of halogens is 8. The van der Waals surface area contributed by atoms with E-state index in [0.717, 1.165) is 65.0 Å². The van der Waals surface area contributed by atoms with Crippen LogP contribution in [0, 0.1) is 56.1 Å². The molecule has 133 heavy (non-hydrogen) atoms. The van der Waals surface area contributed by atoms with Gasteiger partial charge in [-0.15, -0.1) is 0 Å². The Bertz CT molecular complexity index is 7520. The number of nitrogens with one attached hydrogen (secondary N) is 1. The third-order valence-electron chi connectivity index (χ3n) is 21.2. The minimum absolute atomic E-state index is 0.0119. The quantitative estimate of drug-likeness (QED) is 0.0567. The van der Waals surface area contributed by atoms with E-state index in [2.05, 4.69) is 97.2 Å². The number of methoxy groups -OCH3 is 1. The molecule has 1 fully saturated rings. The number of ether oxygens (including phenoxy) is 2. The number of amides is 1. The third kappa shape index (κ3) is 20.1. The maximum atomic E-state index is 13.7. The molecule has 0 unspecified atom stereocenters. The number of hydrogen-bond acceptors (Lipinski definition) is 20. The number of esters is 1. The van der Waals surface area contributed by atoms with E-state index in [0.29, 0.717) is 130 Å². The number of aromatic nitrogens is 19. The predicted octanol–water partition coefficient (Wildman–Crippen LogP) is 21.4. The van der Waals surface area contributed by atoms with E-state index in [-0.39, 0.29) is 50.8 Å². The summed E-state index contributed by atoms with van der Waals surface area (Å²) in [5.41, 5.74) is 18.5. The summed E-state index contributed by atoms with van der Waals surface area (Å²) in [5.74, 6) is -2.62. The van der Waals surface area contributed by atoms with E-state index in [9.17, 15) is 31.5 Å². The predicted molar refractivity (Wildman–Crippen MR) is 495 cm³/mol. The molecule has 19 aromatic rings. The normalized spacial score (nSPS) is 11.8. The number of nitrogens with zero attached hydrogens (tertiary/aromatic N) is 22. The van der Waals surface area contributed by atoms with Crippen LogP contribution in [0.1, 0.15) is 51.6 Å². The summed E-state index contributed by atoms with van der Waals surface area (Å²) in [5, 5.41) is 19.8. The molecule has 0 radical (unpaired) electrons. The molecule has 1 N–H and O–H groups in total. The first-order chi connectivity index (χ1) is 64.6. The van der Waals surface area contributed by atoms with Crippen LogP contribution in [0.5, 0.6) is 6.01 Å². The Hall–Kier alpha value is -16.4. The van der Waals surface area contributed by atoms with Crippen LogP contribution in [-0.2, 0) is 4.74 Å². The Kier molecular flexibility index (Phi) is 27.4. The number of benzene rings is 5. The molecule has 0 atom stereocenters. The average Bonchev–Trinajstić information content (AvgIpc) is 1.75. The summed E-state index contributed by atoms with van der Waals surface area (Å²) >= 11 is 17.8. The SMILES string of the molecule is CCOC(=O)c1cnn2ccc(-c3cccnc3-c3ccc(F)c(Cl)c3)nc12.CN1CCC(NC(=O)c2cnn3ccc(-c4cccnc4-c4ccc(F)c(Cl)c4)nc23)CC1.COc1nccc(-c2cccnc2-c2ccc(F)c(C)c2)n1.[C-]#[N+]c1cnn2ccc(-c3cccnc3-c3ccc(F)c(C)c3)nc12.[C-]#[N+]c1cnn2ccc(-c3cccnc3-c3ccc(F)c(Cl)c3)nc12. The number of rotatable bonds is 15. The van der Waals surface area contributed by atoms with Crippen molar-refractivity contribution in [3.63, 3.8) is 0 Å². The molecular weight excluding hydrogens is 1760 g/mol. The highest BCUT2D eigenvalue weighted by Crippen LogP contribution is 2.39. The zero-order valence-corrected chi connectivity index (χ0v) is 73.3. The smallest absolute Gasteiger partial charge is 0.343 e. The summed E-state index contributed by atoms with van der Waals surface area (Å²) in [6, 6.07) is 51.1. The van der Waals surface area contributed by atoms with Gasteiger partial charge in [-0.3, -0.25) is 29.7 Å². The van der Waals surface area contributed by atoms with Gasteiger partial charge < -0.3 is 19.7 Å². The second kappa shape index (κ2) is 40.5. The Morgan fingerprint density at radius 1 is 0.421 bits per heavy atom. The first-order valence-corrected chi connectivity index (χ1v) is 42.1. The molecule has 35 heteroatoms. The van der Waals surface area contributed by atoms with Gasteiger partial charge in [-0.2, -0.15) is 25.4 Å². The maximum Gasteiger partial charge on any atom is 0.343 e. The van der Waals surface area contributed by atoms with Crippen molar-refractivity contribution in [1.82, 2.24) is 103 Å². The second-order valence-corrected chi connectivity index (χ2v) is 31.0. The topological polar surface area (TPSA) is 288 Å². The Balaban J connectivity index is 0.000000122. The first-order valence-electron chi connectivity index (χ1n) is 40.9. The van der Waals surface area contributed by atoms with Crippen LogP contribution in [0.3, 0.4) is 0 Å². The lowest BCUT2D eigenvalue weighted by Crippen LogP contribution is -2.43. The first kappa shape index (κ1) is 90.0. The van der Waals surface area contributed by atoms with E-state index in [1.54, 1.807) is 187 Å². The van der Waals surface area contributed by atoms with Gasteiger partial charge in [-0.25, -0.2) is 79.4 Å². The lowest BCUT2D eigenvalue weighted by atomic mass is 10.0. The molecule has 0 spiro atoms. The van der Waals surface area contributed by atoms with Crippen LogP contribution in [-0.4, -0.2) is 150 Å². The molecule has 0 bridgehead atoms. The monoisotopic (exact) mass is 1830 g/mol. The average molecular weight is 1840 g/mol. The van der Waals surface area contributed by atoms with E-state index >= 15 is 0 Å². The summed E-state index contributed by atoms with van der Waals surface area (Å²) < 4.78 is 84.1. The maximum absolute atomic E-state index is 13.7. The number of likely N-dealkylation sites (tertiary alicyclic amines) is 1. The molecule has 1 aliphatic heterocycles. The third-order valence-corrected chi connectivity index (χ3v) is 22.0. The molecule has 20 rings (SSSR count). The van der Waals surface area contributed by atoms with Crippen molar-refractivity contribution in [1.29, 1.82) is 0 Å². The van der Waals surface area contributed by atoms with Crippen LogP contribution in [0.25, 0.3) is 145 Å². The molecule has 1 saturated heterocycles. The lowest BCUT2D eigenvalue weighted by molar-refractivity contribution is 0.0528. The van der Waals surface area contributed by atoms with Gasteiger partial charge in [0.1, 0.15) is 40.2 Å². The highest BCUT2D eigenvalue weighted by Gasteiger charge is 2.26. The fraction of sp³-hybridized carbons (Fsp3) is 0.112. The van der Waals surface area contributed by atoms with Crippen molar-refractivity contribution in [3.8, 4) is 119 Å². The van der Waals surface area contributed by atoms with Gasteiger partial charge in [-0.05, 0) is 247 Å². The second-order valence-electron chi connectivity index (χ2n) is 29.7. The van der Waals surface area contributed by atoms with Gasteiger partial charge in [0.05, 0.1) is 124 Å². The van der Waals surface area contributed by atoms with Crippen LogP contribution >= 0.6 is 34.8 Å². The summed E-state index contributed by atoms with van der Waals surface area (Å²) in [6.45, 7) is 21.8. The standard InChI is InChI=1S/C24H22ClFN6O.C20H14ClFN4O2.C19H12FN5.C18H9ClFN5.C17H14FN3O/c1-31-10-6-16(7-11-31)29-24(33)18-14-28-32-12-8-21(30-23(18)32)17-3-2-9-27-22(17)15-4-5-20(26)19(25)13-15;1-2-28-20(27)14-11-24-26-9-7-17(25-19(14)26)13-4-3-8-23-18(13)12-5-6-16(22)15(21)10-12;1-12-10-13(5-6-15(12)20)18-14(4-3-8-22-18)16-7-9-25-19(24-16)17(21-2)11-23-25;1-21-16-10-23-25-8-6-15(24-18(16)25)12-3-2-7-22-17(12)11-4-5-14(20)13(19)9-11;1-11-10-12(5-6-14(11)18)16-13(4-3-8-19-16)15-7-9-20-17(21-15)22-2/h2-5,8-9,12-14,16H,6-7,10-11H2,1H3,(H,29,33);3-11H,2H2,1H3;3-11H,1H3;2-10H;3-10H,1-2H3. The van der Waals surface area contributed by atoms with Crippen molar-refractivity contribution in [2.24, 2.45) is 0 Å². The van der Waals surface area contributed by atoms with Crippen LogP contribution in [0.2, 0.25) is 15.1 Å². The molecule has 658 valence electrons. The highest BCUT2D eigenvalue weighted by molar-refractivity contribution is 6.31. The summed E-state index contributed by atoms with van der Waals surface area (Å²) in [6.07, 6.45) is 24.7. The molecule has 15 heterocycles. The number of aryl methyl sites for hydroxylation is 2. The number of piperidine rings is 1. The van der Waals surface area contributed by atoms with E-state index < -0.39 is 23.4 Å². The molecule has 27 nitrogen and oxygen atoms in total. The number of pyridine rings is 5. The molecule has 0 saturated carbocycles. The molecular formula is C98H71Cl3F5N23O4. The Morgan fingerprint density at radius 2 is 0.752 bits per heavy atom.